The van der Waals surface area contributed by atoms with Gasteiger partial charge < -0.3 is 11.1 Å². The molecule has 0 fully saturated rings. The SMILES string of the molecule is CCCC(N)C(=O)NCCNS(=O)(=O)c1cccc(Cl)c1. The van der Waals surface area contributed by atoms with Crippen LogP contribution < -0.4 is 15.8 Å². The van der Waals surface area contributed by atoms with Crippen LogP contribution in [-0.2, 0) is 14.8 Å². The van der Waals surface area contributed by atoms with Gasteiger partial charge in [-0.05, 0) is 24.6 Å². The third-order valence-electron chi connectivity index (χ3n) is 2.76. The molecule has 1 rings (SSSR count). The molecule has 1 amide bonds. The molecule has 1 unspecified atom stereocenters. The maximum atomic E-state index is 12.0. The first-order valence-electron chi connectivity index (χ1n) is 6.65. The van der Waals surface area contributed by atoms with Crippen LogP contribution in [0.2, 0.25) is 5.02 Å². The molecule has 6 nitrogen and oxygen atoms in total. The van der Waals surface area contributed by atoms with Crippen molar-refractivity contribution in [1.82, 2.24) is 10.0 Å². The molecule has 0 aliphatic heterocycles. The first-order chi connectivity index (χ1) is 9.86. The number of nitrogens with one attached hydrogen (secondary N) is 2. The molecule has 1 aromatic carbocycles. The predicted octanol–water partition coefficient (Wildman–Crippen LogP) is 0.862. The summed E-state index contributed by atoms with van der Waals surface area (Å²) in [5, 5.41) is 2.93. The van der Waals surface area contributed by atoms with Gasteiger partial charge in [0.05, 0.1) is 10.9 Å². The number of carbonyl (C=O) groups is 1. The van der Waals surface area contributed by atoms with Crippen LogP contribution in [0.4, 0.5) is 0 Å². The quantitative estimate of drug-likeness (QED) is 0.614. The smallest absolute Gasteiger partial charge is 0.240 e. The van der Waals surface area contributed by atoms with Crippen LogP contribution in [0.5, 0.6) is 0 Å². The van der Waals surface area contributed by atoms with Crippen molar-refractivity contribution in [2.75, 3.05) is 13.1 Å². The zero-order valence-electron chi connectivity index (χ0n) is 11.8. The van der Waals surface area contributed by atoms with Crippen molar-refractivity contribution < 1.29 is 13.2 Å². The summed E-state index contributed by atoms with van der Waals surface area (Å²) in [6.07, 6.45) is 1.41. The highest BCUT2D eigenvalue weighted by Gasteiger charge is 2.15. The molecule has 0 bridgehead atoms. The summed E-state index contributed by atoms with van der Waals surface area (Å²) in [6, 6.07) is 5.40. The fourth-order valence-electron chi connectivity index (χ4n) is 1.66. The van der Waals surface area contributed by atoms with Crippen molar-refractivity contribution in [3.05, 3.63) is 29.3 Å². The van der Waals surface area contributed by atoms with Gasteiger partial charge in [0.1, 0.15) is 0 Å². The highest BCUT2D eigenvalue weighted by atomic mass is 35.5. The molecule has 1 aromatic rings. The zero-order valence-corrected chi connectivity index (χ0v) is 13.4. The lowest BCUT2D eigenvalue weighted by atomic mass is 10.2. The normalized spacial score (nSPS) is 12.9. The van der Waals surface area contributed by atoms with E-state index in [0.29, 0.717) is 11.4 Å². The molecule has 0 saturated heterocycles. The predicted molar refractivity (Wildman–Crippen MR) is 82.5 cm³/mol. The highest BCUT2D eigenvalue weighted by Crippen LogP contribution is 2.14. The van der Waals surface area contributed by atoms with E-state index in [9.17, 15) is 13.2 Å². The van der Waals surface area contributed by atoms with Gasteiger partial charge in [0.25, 0.3) is 0 Å². The molecule has 1 atom stereocenters. The topological polar surface area (TPSA) is 101 Å². The molecule has 4 N–H and O–H groups in total. The van der Waals surface area contributed by atoms with Crippen LogP contribution in [0.15, 0.2) is 29.2 Å². The average molecular weight is 334 g/mol. The Kier molecular flexibility index (Phi) is 7.10. The van der Waals surface area contributed by atoms with E-state index in [2.05, 4.69) is 10.0 Å². The van der Waals surface area contributed by atoms with Gasteiger partial charge in [0.15, 0.2) is 0 Å². The third-order valence-corrected chi connectivity index (χ3v) is 4.45. The standard InChI is InChI=1S/C13H20ClN3O3S/c1-2-4-12(15)13(18)16-7-8-17-21(19,20)11-6-3-5-10(14)9-11/h3,5-6,9,12,17H,2,4,7-8,15H2,1H3,(H,16,18). The minimum atomic E-state index is -3.63. The van der Waals surface area contributed by atoms with Crippen LogP contribution in [-0.4, -0.2) is 33.5 Å². The molecule has 0 aromatic heterocycles. The summed E-state index contributed by atoms with van der Waals surface area (Å²) in [5.74, 6) is -0.279. The molecule has 0 radical (unpaired) electrons. The lowest BCUT2D eigenvalue weighted by Crippen LogP contribution is -2.43. The largest absolute Gasteiger partial charge is 0.353 e. The van der Waals surface area contributed by atoms with Crippen molar-refractivity contribution in [2.45, 2.75) is 30.7 Å². The van der Waals surface area contributed by atoms with E-state index in [1.807, 2.05) is 6.92 Å². The Morgan fingerprint density at radius 3 is 2.71 bits per heavy atom. The third kappa shape index (κ3) is 6.01. The van der Waals surface area contributed by atoms with Crippen LogP contribution in [0.25, 0.3) is 0 Å². The number of benzene rings is 1. The second-order valence-corrected chi connectivity index (χ2v) is 6.74. The molecule has 21 heavy (non-hydrogen) atoms. The van der Waals surface area contributed by atoms with Crippen LogP contribution >= 0.6 is 11.6 Å². The molecule has 8 heteroatoms. The first-order valence-corrected chi connectivity index (χ1v) is 8.51. The van der Waals surface area contributed by atoms with Gasteiger partial charge >= 0.3 is 0 Å². The Morgan fingerprint density at radius 2 is 2.10 bits per heavy atom. The minimum Gasteiger partial charge on any atom is -0.353 e. The van der Waals surface area contributed by atoms with E-state index in [4.69, 9.17) is 17.3 Å². The zero-order chi connectivity index (χ0) is 15.9. The molecule has 118 valence electrons. The number of carbonyl (C=O) groups excluding carboxylic acids is 1. The number of amides is 1. The van der Waals surface area contributed by atoms with Gasteiger partial charge in [-0.1, -0.05) is 31.0 Å². The van der Waals surface area contributed by atoms with E-state index < -0.39 is 16.1 Å². The Bertz CT molecular complexity index is 578. The molecule has 0 aliphatic carbocycles. The molecule has 0 aliphatic rings. The summed E-state index contributed by atoms with van der Waals surface area (Å²) in [7, 11) is -3.63. The van der Waals surface area contributed by atoms with Gasteiger partial charge in [-0.25, -0.2) is 13.1 Å². The number of hydrogen-bond donors (Lipinski definition) is 3. The van der Waals surface area contributed by atoms with Crippen LogP contribution in [0.1, 0.15) is 19.8 Å². The monoisotopic (exact) mass is 333 g/mol. The van der Waals surface area contributed by atoms with E-state index in [1.165, 1.54) is 12.1 Å². The lowest BCUT2D eigenvalue weighted by molar-refractivity contribution is -0.122. The molecular formula is C13H20ClN3O3S. The highest BCUT2D eigenvalue weighted by molar-refractivity contribution is 7.89. The fourth-order valence-corrected chi connectivity index (χ4v) is 2.99. The maximum absolute atomic E-state index is 12.0. The number of sulfonamides is 1. The molecular weight excluding hydrogens is 314 g/mol. The van der Waals surface area contributed by atoms with Gasteiger partial charge in [-0.3, -0.25) is 4.79 Å². The minimum absolute atomic E-state index is 0.0828. The Hall–Kier alpha value is -1.15. The summed E-state index contributed by atoms with van der Waals surface area (Å²) in [5.41, 5.74) is 5.64. The second kappa shape index (κ2) is 8.33. The fraction of sp³-hybridized carbons (Fsp3) is 0.462. The Balaban J connectivity index is 2.43. The molecule has 0 saturated carbocycles. The maximum Gasteiger partial charge on any atom is 0.240 e. The van der Waals surface area contributed by atoms with Gasteiger partial charge in [0.2, 0.25) is 15.9 Å². The molecule has 0 heterocycles. The van der Waals surface area contributed by atoms with Gasteiger partial charge in [-0.2, -0.15) is 0 Å². The van der Waals surface area contributed by atoms with E-state index in [-0.39, 0.29) is 23.9 Å². The van der Waals surface area contributed by atoms with Crippen molar-refractivity contribution in [2.24, 2.45) is 5.73 Å². The van der Waals surface area contributed by atoms with Crippen molar-refractivity contribution >= 4 is 27.5 Å². The summed E-state index contributed by atoms with van der Waals surface area (Å²) < 4.78 is 26.3. The number of rotatable bonds is 8. The summed E-state index contributed by atoms with van der Waals surface area (Å²) in [4.78, 5) is 11.6. The van der Waals surface area contributed by atoms with Crippen LogP contribution in [0.3, 0.4) is 0 Å². The van der Waals surface area contributed by atoms with Crippen molar-refractivity contribution in [3.63, 3.8) is 0 Å². The van der Waals surface area contributed by atoms with Crippen LogP contribution in [0, 0.1) is 0 Å². The van der Waals surface area contributed by atoms with E-state index >= 15 is 0 Å². The molecule has 0 spiro atoms. The number of hydrogen-bond acceptors (Lipinski definition) is 4. The average Bonchev–Trinajstić information content (AvgIpc) is 2.43. The van der Waals surface area contributed by atoms with Crippen molar-refractivity contribution in [3.8, 4) is 0 Å². The summed E-state index contributed by atoms with van der Waals surface area (Å²) >= 11 is 5.76. The number of nitrogens with two attached hydrogens (primary N) is 1. The van der Waals surface area contributed by atoms with Gasteiger partial charge in [-0.15, -0.1) is 0 Å². The Labute approximate surface area is 130 Å². The van der Waals surface area contributed by atoms with E-state index in [1.54, 1.807) is 12.1 Å². The lowest BCUT2D eigenvalue weighted by Gasteiger charge is -2.11. The number of halogens is 1. The van der Waals surface area contributed by atoms with E-state index in [0.717, 1.165) is 6.42 Å². The van der Waals surface area contributed by atoms with Gasteiger partial charge in [0, 0.05) is 18.1 Å². The first kappa shape index (κ1) is 17.9. The second-order valence-electron chi connectivity index (χ2n) is 4.54. The summed E-state index contributed by atoms with van der Waals surface area (Å²) in [6.45, 7) is 2.20. The van der Waals surface area contributed by atoms with Crippen molar-refractivity contribution in [1.29, 1.82) is 0 Å². The Morgan fingerprint density at radius 1 is 1.38 bits per heavy atom.